The van der Waals surface area contributed by atoms with E-state index in [1.807, 2.05) is 82.5 Å². The lowest BCUT2D eigenvalue weighted by Crippen LogP contribution is -2.55. The molecule has 2 N–H and O–H groups in total. The maximum Gasteiger partial charge on any atom is 0.408 e. The number of ether oxygens (including phenoxy) is 1. The maximum absolute atomic E-state index is 14.2. The Morgan fingerprint density at radius 3 is 2.21 bits per heavy atom. The lowest BCUT2D eigenvalue weighted by atomic mass is 9.98. The van der Waals surface area contributed by atoms with E-state index in [0.29, 0.717) is 29.8 Å². The zero-order valence-corrected chi connectivity index (χ0v) is 24.8. The zero-order valence-electron chi connectivity index (χ0n) is 24.0. The molecule has 8 heteroatoms. The van der Waals surface area contributed by atoms with Crippen molar-refractivity contribution in [2.75, 3.05) is 17.3 Å². The highest BCUT2D eigenvalue weighted by molar-refractivity contribution is 7.98. The number of carbonyl (C=O) groups excluding carboxylic acids is 3. The van der Waals surface area contributed by atoms with Gasteiger partial charge in [0.1, 0.15) is 17.7 Å². The Morgan fingerprint density at radius 1 is 1.03 bits per heavy atom. The number of hydrogen-bond acceptors (Lipinski definition) is 5. The molecule has 7 nitrogen and oxygen atoms in total. The quantitative estimate of drug-likeness (QED) is 0.351. The third-order valence-electron chi connectivity index (χ3n) is 6.24. The second-order valence-corrected chi connectivity index (χ2v) is 11.6. The van der Waals surface area contributed by atoms with Gasteiger partial charge in [-0.05, 0) is 83.6 Å². The number of hydrogen-bond donors (Lipinski definition) is 2. The molecule has 0 aliphatic heterocycles. The van der Waals surface area contributed by atoms with Crippen LogP contribution in [0.15, 0.2) is 48.5 Å². The van der Waals surface area contributed by atoms with E-state index in [2.05, 4.69) is 10.6 Å². The van der Waals surface area contributed by atoms with Crippen molar-refractivity contribution in [3.63, 3.8) is 0 Å². The standard InChI is InChI=1S/C30H43N3O4S/c1-9-22(4)33(28(35)25(18-19-38-8)32-29(36)37-30(5,6)7)26(23-16-14-20(2)15-17-23)27(34)31-24-13-11-10-12-21(24)3/h10-17,22,25-26H,9,18-19H2,1-8H3,(H,31,34)(H,32,36). The monoisotopic (exact) mass is 541 g/mol. The maximum atomic E-state index is 14.2. The molecule has 2 aromatic rings. The van der Waals surface area contributed by atoms with E-state index >= 15 is 0 Å². The Bertz CT molecular complexity index is 1080. The van der Waals surface area contributed by atoms with Crippen molar-refractivity contribution in [2.24, 2.45) is 0 Å². The van der Waals surface area contributed by atoms with Crippen LogP contribution in [0.2, 0.25) is 0 Å². The Balaban J connectivity index is 2.54. The molecule has 0 spiro atoms. The van der Waals surface area contributed by atoms with Gasteiger partial charge in [-0.25, -0.2) is 4.79 Å². The molecule has 0 aliphatic carbocycles. The van der Waals surface area contributed by atoms with Crippen molar-refractivity contribution in [3.05, 3.63) is 65.2 Å². The highest BCUT2D eigenvalue weighted by atomic mass is 32.2. The number of alkyl carbamates (subject to hydrolysis) is 1. The minimum absolute atomic E-state index is 0.270. The molecule has 3 amide bonds. The van der Waals surface area contributed by atoms with Crippen LogP contribution in [0, 0.1) is 13.8 Å². The van der Waals surface area contributed by atoms with Crippen molar-refractivity contribution in [2.45, 2.75) is 85.0 Å². The minimum atomic E-state index is -0.894. The molecule has 3 atom stereocenters. The summed E-state index contributed by atoms with van der Waals surface area (Å²) < 4.78 is 5.46. The molecule has 0 aliphatic rings. The first-order valence-electron chi connectivity index (χ1n) is 13.1. The summed E-state index contributed by atoms with van der Waals surface area (Å²) in [6, 6.07) is 13.2. The summed E-state index contributed by atoms with van der Waals surface area (Å²) in [6.07, 6.45) is 2.34. The van der Waals surface area contributed by atoms with E-state index in [-0.39, 0.29) is 17.9 Å². The van der Waals surface area contributed by atoms with Gasteiger partial charge < -0.3 is 20.3 Å². The molecule has 3 unspecified atom stereocenters. The molecule has 0 fully saturated rings. The summed E-state index contributed by atoms with van der Waals surface area (Å²) >= 11 is 1.59. The first kappa shape index (κ1) is 31.2. The Morgan fingerprint density at radius 2 is 1.66 bits per heavy atom. The van der Waals surface area contributed by atoms with Gasteiger partial charge >= 0.3 is 6.09 Å². The molecule has 0 saturated heterocycles. The fourth-order valence-electron chi connectivity index (χ4n) is 4.02. The smallest absolute Gasteiger partial charge is 0.408 e. The number of anilines is 1. The third kappa shape index (κ3) is 9.08. The predicted molar refractivity (Wildman–Crippen MR) is 156 cm³/mol. The summed E-state index contributed by atoms with van der Waals surface area (Å²) in [6.45, 7) is 13.2. The van der Waals surface area contributed by atoms with Gasteiger partial charge in [-0.1, -0.05) is 55.0 Å². The largest absolute Gasteiger partial charge is 0.444 e. The summed E-state index contributed by atoms with van der Waals surface area (Å²) in [5.74, 6) is 0.0352. The van der Waals surface area contributed by atoms with E-state index in [4.69, 9.17) is 4.74 Å². The van der Waals surface area contributed by atoms with Crippen LogP contribution < -0.4 is 10.6 Å². The molecule has 0 radical (unpaired) electrons. The van der Waals surface area contributed by atoms with Crippen LogP contribution >= 0.6 is 11.8 Å². The molecule has 2 aromatic carbocycles. The van der Waals surface area contributed by atoms with Crippen molar-refractivity contribution in [1.29, 1.82) is 0 Å². The molecular formula is C30H43N3O4S. The summed E-state index contributed by atoms with van der Waals surface area (Å²) in [7, 11) is 0. The molecule has 0 saturated carbocycles. The van der Waals surface area contributed by atoms with Gasteiger partial charge in [0.25, 0.3) is 5.91 Å². The van der Waals surface area contributed by atoms with Crippen LogP contribution in [0.4, 0.5) is 10.5 Å². The molecular weight excluding hydrogens is 498 g/mol. The number of rotatable bonds is 11. The third-order valence-corrected chi connectivity index (χ3v) is 6.89. The van der Waals surface area contributed by atoms with Crippen molar-refractivity contribution in [1.82, 2.24) is 10.2 Å². The Labute approximate surface area is 232 Å². The van der Waals surface area contributed by atoms with Gasteiger partial charge in [0.2, 0.25) is 5.91 Å². The molecule has 208 valence electrons. The van der Waals surface area contributed by atoms with Crippen LogP contribution in [0.5, 0.6) is 0 Å². The van der Waals surface area contributed by atoms with Crippen LogP contribution in [0.1, 0.15) is 70.2 Å². The summed E-state index contributed by atoms with van der Waals surface area (Å²) in [5, 5.41) is 5.83. The predicted octanol–water partition coefficient (Wildman–Crippen LogP) is 6.26. The Hall–Kier alpha value is -3.00. The highest BCUT2D eigenvalue weighted by Gasteiger charge is 2.38. The van der Waals surface area contributed by atoms with Crippen molar-refractivity contribution < 1.29 is 19.1 Å². The molecule has 0 heterocycles. The SMILES string of the molecule is CCC(C)N(C(=O)C(CCSC)NC(=O)OC(C)(C)C)C(C(=O)Nc1ccccc1C)c1ccc(C)cc1. The topological polar surface area (TPSA) is 87.7 Å². The van der Waals surface area contributed by atoms with Crippen molar-refractivity contribution in [3.8, 4) is 0 Å². The average Bonchev–Trinajstić information content (AvgIpc) is 2.85. The minimum Gasteiger partial charge on any atom is -0.444 e. The number of aryl methyl sites for hydroxylation is 2. The first-order valence-corrected chi connectivity index (χ1v) is 14.5. The van der Waals surface area contributed by atoms with Crippen molar-refractivity contribution >= 4 is 35.4 Å². The van der Waals surface area contributed by atoms with Gasteiger partial charge in [-0.15, -0.1) is 0 Å². The lowest BCUT2D eigenvalue weighted by molar-refractivity contribution is -0.143. The molecule has 38 heavy (non-hydrogen) atoms. The number of nitrogens with zero attached hydrogens (tertiary/aromatic N) is 1. The number of para-hydroxylation sites is 1. The number of amides is 3. The van der Waals surface area contributed by atoms with E-state index in [0.717, 1.165) is 11.1 Å². The van der Waals surface area contributed by atoms with Gasteiger partial charge in [0.15, 0.2) is 0 Å². The van der Waals surface area contributed by atoms with Crippen LogP contribution in [-0.4, -0.2) is 52.5 Å². The van der Waals surface area contributed by atoms with E-state index < -0.39 is 23.8 Å². The van der Waals surface area contributed by atoms with E-state index in [1.165, 1.54) is 0 Å². The summed E-state index contributed by atoms with van der Waals surface area (Å²) in [5.41, 5.74) is 2.67. The van der Waals surface area contributed by atoms with E-state index in [1.54, 1.807) is 37.4 Å². The number of benzene rings is 2. The number of nitrogens with one attached hydrogen (secondary N) is 2. The highest BCUT2D eigenvalue weighted by Crippen LogP contribution is 2.29. The van der Waals surface area contributed by atoms with E-state index in [9.17, 15) is 14.4 Å². The summed E-state index contributed by atoms with van der Waals surface area (Å²) in [4.78, 5) is 42.5. The van der Waals surface area contributed by atoms with Gasteiger partial charge in [0.05, 0.1) is 0 Å². The second-order valence-electron chi connectivity index (χ2n) is 10.6. The molecule has 0 aromatic heterocycles. The fourth-order valence-corrected chi connectivity index (χ4v) is 4.49. The molecule has 2 rings (SSSR count). The first-order chi connectivity index (χ1) is 17.9. The van der Waals surface area contributed by atoms with Gasteiger partial charge in [0, 0.05) is 11.7 Å². The Kier molecular flexibility index (Phi) is 11.7. The zero-order chi connectivity index (χ0) is 28.5. The van der Waals surface area contributed by atoms with Gasteiger partial charge in [-0.2, -0.15) is 11.8 Å². The van der Waals surface area contributed by atoms with Crippen LogP contribution in [0.25, 0.3) is 0 Å². The fraction of sp³-hybridized carbons (Fsp3) is 0.500. The number of carbonyl (C=O) groups is 3. The lowest BCUT2D eigenvalue weighted by Gasteiger charge is -2.38. The normalized spacial score (nSPS) is 13.7. The average molecular weight is 542 g/mol. The van der Waals surface area contributed by atoms with Crippen LogP contribution in [-0.2, 0) is 14.3 Å². The molecule has 0 bridgehead atoms. The van der Waals surface area contributed by atoms with Gasteiger partial charge in [-0.3, -0.25) is 9.59 Å². The number of thioether (sulfide) groups is 1. The van der Waals surface area contributed by atoms with Crippen LogP contribution in [0.3, 0.4) is 0 Å². The second kappa shape index (κ2) is 14.2.